The minimum atomic E-state index is 0.0306. The van der Waals surface area contributed by atoms with Gasteiger partial charge in [-0.05, 0) is 35.4 Å². The molecule has 6 heteroatoms. The number of hydrogen-bond donors (Lipinski definition) is 3. The van der Waals surface area contributed by atoms with Crippen LogP contribution in [0, 0.1) is 5.41 Å². The van der Waals surface area contributed by atoms with Crippen molar-refractivity contribution in [3.05, 3.63) is 59.8 Å². The number of carbonyl (C=O) groups is 1. The number of methoxy groups -OCH3 is 1. The van der Waals surface area contributed by atoms with Gasteiger partial charge in [-0.25, -0.2) is 0 Å². The van der Waals surface area contributed by atoms with Gasteiger partial charge in [0.05, 0.1) is 13.7 Å². The van der Waals surface area contributed by atoms with Crippen LogP contribution in [0.15, 0.2) is 59.8 Å². The molecule has 0 radical (unpaired) electrons. The van der Waals surface area contributed by atoms with Crippen LogP contribution in [0.25, 0.3) is 11.1 Å². The van der Waals surface area contributed by atoms with Gasteiger partial charge in [-0.1, -0.05) is 24.3 Å². The van der Waals surface area contributed by atoms with E-state index in [1.165, 1.54) is 0 Å². The third kappa shape index (κ3) is 4.34. The normalized spacial score (nSPS) is 13.9. The molecular weight excluding hydrogens is 352 g/mol. The molecule has 28 heavy (non-hydrogen) atoms. The minimum absolute atomic E-state index is 0.0306. The van der Waals surface area contributed by atoms with Crippen molar-refractivity contribution in [3.8, 4) is 16.9 Å². The molecule has 0 aromatic heterocycles. The van der Waals surface area contributed by atoms with E-state index in [9.17, 15) is 4.79 Å². The number of anilines is 1. The molecule has 6 nitrogen and oxygen atoms in total. The Morgan fingerprint density at radius 2 is 1.89 bits per heavy atom. The molecule has 0 bridgehead atoms. The zero-order chi connectivity index (χ0) is 20.1. The molecule has 2 aromatic carbocycles. The van der Waals surface area contributed by atoms with E-state index in [2.05, 4.69) is 10.6 Å². The van der Waals surface area contributed by atoms with E-state index in [1.807, 2.05) is 55.6 Å². The highest BCUT2D eigenvalue weighted by molar-refractivity contribution is 6.07. The summed E-state index contributed by atoms with van der Waals surface area (Å²) >= 11 is 0. The van der Waals surface area contributed by atoms with Crippen LogP contribution in [0.5, 0.6) is 5.75 Å². The first-order chi connectivity index (χ1) is 13.5. The van der Waals surface area contributed by atoms with Gasteiger partial charge >= 0.3 is 0 Å². The lowest BCUT2D eigenvalue weighted by atomic mass is 10.0. The Morgan fingerprint density at radius 3 is 2.54 bits per heavy atom. The second-order valence-electron chi connectivity index (χ2n) is 6.71. The maximum absolute atomic E-state index is 11.7. The van der Waals surface area contributed by atoms with Crippen molar-refractivity contribution in [2.24, 2.45) is 0 Å². The monoisotopic (exact) mass is 378 g/mol. The molecule has 3 rings (SSSR count). The van der Waals surface area contributed by atoms with Crippen LogP contribution in [0.2, 0.25) is 0 Å². The number of benzene rings is 2. The Labute approximate surface area is 165 Å². The summed E-state index contributed by atoms with van der Waals surface area (Å²) in [6, 6.07) is 15.8. The van der Waals surface area contributed by atoms with Crippen LogP contribution >= 0.6 is 0 Å². The highest BCUT2D eigenvalue weighted by Crippen LogP contribution is 2.25. The first kappa shape index (κ1) is 19.5. The average molecular weight is 378 g/mol. The van der Waals surface area contributed by atoms with Crippen LogP contribution in [-0.4, -0.2) is 43.9 Å². The van der Waals surface area contributed by atoms with Gasteiger partial charge in [-0.2, -0.15) is 0 Å². The number of hydrogen-bond acceptors (Lipinski definition) is 4. The van der Waals surface area contributed by atoms with Gasteiger partial charge in [-0.3, -0.25) is 10.2 Å². The molecule has 3 N–H and O–H groups in total. The van der Waals surface area contributed by atoms with Gasteiger partial charge < -0.3 is 20.3 Å². The molecule has 1 aliphatic heterocycles. The molecule has 146 valence electrons. The molecule has 0 aliphatic carbocycles. The van der Waals surface area contributed by atoms with Crippen molar-refractivity contribution in [2.75, 3.05) is 32.6 Å². The smallest absolute Gasteiger partial charge is 0.219 e. The van der Waals surface area contributed by atoms with E-state index in [0.717, 1.165) is 40.3 Å². The SMILES string of the molecule is CNC1=C(C(=N)Nc2ccc(-c3cccc(OC)c3)cc2)CN(C(C)=O)CC1. The topological polar surface area (TPSA) is 77.5 Å². The van der Waals surface area contributed by atoms with Gasteiger partial charge in [0.25, 0.3) is 0 Å². The second kappa shape index (κ2) is 8.61. The predicted molar refractivity (Wildman–Crippen MR) is 113 cm³/mol. The number of nitrogens with zero attached hydrogens (tertiary/aromatic N) is 1. The predicted octanol–water partition coefficient (Wildman–Crippen LogP) is 3.48. The first-order valence-electron chi connectivity index (χ1n) is 9.27. The highest BCUT2D eigenvalue weighted by atomic mass is 16.5. The van der Waals surface area contributed by atoms with Crippen molar-refractivity contribution in [1.29, 1.82) is 5.41 Å². The Balaban J connectivity index is 1.75. The number of rotatable bonds is 5. The van der Waals surface area contributed by atoms with E-state index in [0.29, 0.717) is 18.9 Å². The third-order valence-electron chi connectivity index (χ3n) is 4.95. The summed E-state index contributed by atoms with van der Waals surface area (Å²) in [5.41, 5.74) is 4.81. The number of nitrogens with one attached hydrogen (secondary N) is 3. The van der Waals surface area contributed by atoms with Crippen molar-refractivity contribution >= 4 is 17.4 Å². The van der Waals surface area contributed by atoms with E-state index >= 15 is 0 Å². The van der Waals surface area contributed by atoms with Crippen molar-refractivity contribution in [3.63, 3.8) is 0 Å². The lowest BCUT2D eigenvalue weighted by molar-refractivity contribution is -0.128. The molecule has 2 aromatic rings. The zero-order valence-electron chi connectivity index (χ0n) is 16.5. The summed E-state index contributed by atoms with van der Waals surface area (Å²) in [5, 5.41) is 14.8. The third-order valence-corrected chi connectivity index (χ3v) is 4.95. The number of amidine groups is 1. The van der Waals surface area contributed by atoms with Gasteiger partial charge in [0.1, 0.15) is 11.6 Å². The molecule has 0 atom stereocenters. The summed E-state index contributed by atoms with van der Waals surface area (Å²) in [4.78, 5) is 13.5. The molecule has 0 spiro atoms. The summed E-state index contributed by atoms with van der Waals surface area (Å²) < 4.78 is 5.29. The molecular formula is C22H26N4O2. The number of ether oxygens (including phenoxy) is 1. The molecule has 1 amide bonds. The van der Waals surface area contributed by atoms with E-state index in [1.54, 1.807) is 18.9 Å². The fourth-order valence-corrected chi connectivity index (χ4v) is 3.31. The standard InChI is InChI=1S/C22H26N4O2/c1-15(27)26-12-11-21(24-2)20(14-26)22(23)25-18-9-7-16(8-10-18)17-5-4-6-19(13-17)28-3/h4-10,13,24H,11-12,14H2,1-3H3,(H2,23,25). The van der Waals surface area contributed by atoms with Crippen LogP contribution in [0.1, 0.15) is 13.3 Å². The lowest BCUT2D eigenvalue weighted by Gasteiger charge is -2.30. The molecule has 0 unspecified atom stereocenters. The van der Waals surface area contributed by atoms with Crippen molar-refractivity contribution in [2.45, 2.75) is 13.3 Å². The Kier molecular flexibility index (Phi) is 5.99. The van der Waals surface area contributed by atoms with E-state index < -0.39 is 0 Å². The van der Waals surface area contributed by atoms with Gasteiger partial charge in [0, 0.05) is 43.9 Å². The van der Waals surface area contributed by atoms with Crippen LogP contribution in [0.3, 0.4) is 0 Å². The molecule has 1 heterocycles. The quantitative estimate of drug-likeness (QED) is 0.550. The lowest BCUT2D eigenvalue weighted by Crippen LogP contribution is -2.40. The van der Waals surface area contributed by atoms with Gasteiger partial charge in [0.15, 0.2) is 0 Å². The Bertz CT molecular complexity index is 903. The van der Waals surface area contributed by atoms with Crippen LogP contribution < -0.4 is 15.4 Å². The minimum Gasteiger partial charge on any atom is -0.497 e. The Morgan fingerprint density at radius 1 is 1.14 bits per heavy atom. The van der Waals surface area contributed by atoms with Gasteiger partial charge in [-0.15, -0.1) is 0 Å². The summed E-state index contributed by atoms with van der Waals surface area (Å²) in [7, 11) is 3.51. The number of amides is 1. The number of carbonyl (C=O) groups excluding carboxylic acids is 1. The van der Waals surface area contributed by atoms with Gasteiger partial charge in [0.2, 0.25) is 5.91 Å². The van der Waals surface area contributed by atoms with Crippen LogP contribution in [-0.2, 0) is 4.79 Å². The summed E-state index contributed by atoms with van der Waals surface area (Å²) in [6.45, 7) is 2.69. The fourth-order valence-electron chi connectivity index (χ4n) is 3.31. The van der Waals surface area contributed by atoms with Crippen LogP contribution in [0.4, 0.5) is 5.69 Å². The van der Waals surface area contributed by atoms with E-state index in [4.69, 9.17) is 10.1 Å². The average Bonchev–Trinajstić information content (AvgIpc) is 2.73. The highest BCUT2D eigenvalue weighted by Gasteiger charge is 2.23. The maximum atomic E-state index is 11.7. The zero-order valence-corrected chi connectivity index (χ0v) is 16.5. The van der Waals surface area contributed by atoms with E-state index in [-0.39, 0.29) is 5.91 Å². The van der Waals surface area contributed by atoms with Crippen molar-refractivity contribution < 1.29 is 9.53 Å². The molecule has 0 saturated carbocycles. The maximum Gasteiger partial charge on any atom is 0.219 e. The molecule has 1 aliphatic rings. The molecule has 0 fully saturated rings. The second-order valence-corrected chi connectivity index (χ2v) is 6.71. The fraction of sp³-hybridized carbons (Fsp3) is 0.273. The Hall–Kier alpha value is -3.28. The molecule has 0 saturated heterocycles. The first-order valence-corrected chi connectivity index (χ1v) is 9.27. The largest absolute Gasteiger partial charge is 0.497 e. The summed E-state index contributed by atoms with van der Waals surface area (Å²) in [6.07, 6.45) is 0.726. The van der Waals surface area contributed by atoms with Crippen molar-refractivity contribution in [1.82, 2.24) is 10.2 Å². The summed E-state index contributed by atoms with van der Waals surface area (Å²) in [5.74, 6) is 1.16.